The quantitative estimate of drug-likeness (QED) is 0.775. The van der Waals surface area contributed by atoms with Crippen LogP contribution in [0, 0.1) is 6.92 Å². The van der Waals surface area contributed by atoms with Crippen LogP contribution >= 0.6 is 0 Å². The molecule has 78 valence electrons. The molecule has 0 aliphatic carbocycles. The second-order valence-electron chi connectivity index (χ2n) is 3.19. The smallest absolute Gasteiger partial charge is 0.129 e. The Kier molecular flexibility index (Phi) is 4.32. The van der Waals surface area contributed by atoms with Gasteiger partial charge in [-0.2, -0.15) is 0 Å². The van der Waals surface area contributed by atoms with E-state index in [0.29, 0.717) is 6.61 Å². The molecule has 1 rings (SSSR count). The van der Waals surface area contributed by atoms with Gasteiger partial charge < -0.3 is 10.1 Å². The van der Waals surface area contributed by atoms with Gasteiger partial charge in [0.2, 0.25) is 0 Å². The third kappa shape index (κ3) is 3.70. The van der Waals surface area contributed by atoms with Crippen LogP contribution in [0.15, 0.2) is 12.3 Å². The summed E-state index contributed by atoms with van der Waals surface area (Å²) < 4.78 is 5.29. The lowest BCUT2D eigenvalue weighted by Gasteiger charge is -2.13. The third-order valence-electron chi connectivity index (χ3n) is 1.74. The molecule has 0 radical (unpaired) electrons. The molecule has 1 aromatic rings. The molecule has 0 saturated carbocycles. The summed E-state index contributed by atoms with van der Waals surface area (Å²) in [7, 11) is 0. The predicted molar refractivity (Wildman–Crippen MR) is 56.3 cm³/mol. The molecule has 0 aliphatic rings. The third-order valence-corrected chi connectivity index (χ3v) is 1.74. The molecule has 0 saturated heterocycles. The second-order valence-corrected chi connectivity index (χ2v) is 3.19. The van der Waals surface area contributed by atoms with Crippen molar-refractivity contribution in [3.8, 4) is 0 Å². The van der Waals surface area contributed by atoms with Crippen molar-refractivity contribution in [3.05, 3.63) is 18.1 Å². The average Bonchev–Trinajstić information content (AvgIpc) is 2.15. The molecule has 0 amide bonds. The summed E-state index contributed by atoms with van der Waals surface area (Å²) in [4.78, 5) is 8.27. The van der Waals surface area contributed by atoms with Gasteiger partial charge in [0.05, 0.1) is 6.61 Å². The molecule has 4 heteroatoms. The summed E-state index contributed by atoms with van der Waals surface area (Å²) in [6.45, 7) is 7.36. The molecule has 4 nitrogen and oxygen atoms in total. The summed E-state index contributed by atoms with van der Waals surface area (Å²) in [6, 6.07) is 2.12. The van der Waals surface area contributed by atoms with E-state index in [1.807, 2.05) is 19.9 Å². The summed E-state index contributed by atoms with van der Waals surface area (Å²) in [5, 5.41) is 3.24. The number of ether oxygens (including phenoxy) is 1. The highest BCUT2D eigenvalue weighted by Gasteiger charge is 2.02. The summed E-state index contributed by atoms with van der Waals surface area (Å²) >= 11 is 0. The zero-order chi connectivity index (χ0) is 10.4. The number of rotatable bonds is 5. The van der Waals surface area contributed by atoms with E-state index in [4.69, 9.17) is 4.74 Å². The monoisotopic (exact) mass is 195 g/mol. The Balaban J connectivity index is 2.43. The maximum atomic E-state index is 5.29. The van der Waals surface area contributed by atoms with E-state index in [1.54, 1.807) is 6.20 Å². The Morgan fingerprint density at radius 3 is 3.00 bits per heavy atom. The zero-order valence-corrected chi connectivity index (χ0v) is 8.95. The van der Waals surface area contributed by atoms with Crippen LogP contribution in [0.5, 0.6) is 0 Å². The van der Waals surface area contributed by atoms with E-state index in [-0.39, 0.29) is 6.04 Å². The van der Waals surface area contributed by atoms with Crippen LogP contribution in [0.1, 0.15) is 19.7 Å². The van der Waals surface area contributed by atoms with Gasteiger partial charge in [-0.05, 0) is 26.8 Å². The first-order chi connectivity index (χ1) is 6.72. The topological polar surface area (TPSA) is 47.0 Å². The highest BCUT2D eigenvalue weighted by atomic mass is 16.5. The summed E-state index contributed by atoms with van der Waals surface area (Å²) in [5.74, 6) is 1.63. The van der Waals surface area contributed by atoms with Crippen LogP contribution in [0.25, 0.3) is 0 Å². The van der Waals surface area contributed by atoms with Crippen LogP contribution in [0.2, 0.25) is 0 Å². The number of aromatic nitrogens is 2. The van der Waals surface area contributed by atoms with E-state index < -0.39 is 0 Å². The molecular formula is C10H17N3O. The first-order valence-corrected chi connectivity index (χ1v) is 4.86. The molecule has 1 atom stereocenters. The van der Waals surface area contributed by atoms with Crippen molar-refractivity contribution in [1.29, 1.82) is 0 Å². The number of nitrogens with zero attached hydrogens (tertiary/aromatic N) is 2. The lowest BCUT2D eigenvalue weighted by molar-refractivity contribution is 0.141. The fourth-order valence-corrected chi connectivity index (χ4v) is 1.13. The molecular weight excluding hydrogens is 178 g/mol. The highest BCUT2D eigenvalue weighted by molar-refractivity contribution is 5.33. The SMILES string of the molecule is CCOCC(C)Nc1ccnc(C)n1. The summed E-state index contributed by atoms with van der Waals surface area (Å²) in [6.07, 6.45) is 1.75. The fourth-order valence-electron chi connectivity index (χ4n) is 1.13. The Labute approximate surface area is 84.7 Å². The summed E-state index contributed by atoms with van der Waals surface area (Å²) in [5.41, 5.74) is 0. The molecule has 0 aromatic carbocycles. The van der Waals surface area contributed by atoms with Crippen LogP contribution in [0.4, 0.5) is 5.82 Å². The first kappa shape index (κ1) is 10.9. The normalized spacial score (nSPS) is 12.5. The Morgan fingerprint density at radius 2 is 2.36 bits per heavy atom. The predicted octanol–water partition coefficient (Wildman–Crippen LogP) is 1.62. The van der Waals surface area contributed by atoms with Crippen molar-refractivity contribution >= 4 is 5.82 Å². The Bertz CT molecular complexity index is 278. The van der Waals surface area contributed by atoms with Gasteiger partial charge in [-0.25, -0.2) is 9.97 Å². The fraction of sp³-hybridized carbons (Fsp3) is 0.600. The molecule has 0 spiro atoms. The zero-order valence-electron chi connectivity index (χ0n) is 8.95. The number of hydrogen-bond acceptors (Lipinski definition) is 4. The average molecular weight is 195 g/mol. The largest absolute Gasteiger partial charge is 0.380 e. The minimum Gasteiger partial charge on any atom is -0.380 e. The van der Waals surface area contributed by atoms with Crippen LogP contribution in [-0.4, -0.2) is 29.2 Å². The van der Waals surface area contributed by atoms with Gasteiger partial charge in [-0.1, -0.05) is 0 Å². The number of hydrogen-bond donors (Lipinski definition) is 1. The Morgan fingerprint density at radius 1 is 1.57 bits per heavy atom. The molecule has 1 unspecified atom stereocenters. The minimum atomic E-state index is 0.268. The minimum absolute atomic E-state index is 0.268. The van der Waals surface area contributed by atoms with Crippen molar-refractivity contribution in [3.63, 3.8) is 0 Å². The van der Waals surface area contributed by atoms with Crippen molar-refractivity contribution in [2.45, 2.75) is 26.8 Å². The first-order valence-electron chi connectivity index (χ1n) is 4.86. The van der Waals surface area contributed by atoms with E-state index in [1.165, 1.54) is 0 Å². The second kappa shape index (κ2) is 5.54. The lowest BCUT2D eigenvalue weighted by atomic mass is 10.3. The van der Waals surface area contributed by atoms with Gasteiger partial charge in [0.1, 0.15) is 11.6 Å². The molecule has 1 heterocycles. The van der Waals surface area contributed by atoms with Gasteiger partial charge in [0.25, 0.3) is 0 Å². The number of nitrogens with one attached hydrogen (secondary N) is 1. The molecule has 0 aliphatic heterocycles. The molecule has 0 fully saturated rings. The lowest BCUT2D eigenvalue weighted by Crippen LogP contribution is -2.22. The van der Waals surface area contributed by atoms with E-state index in [2.05, 4.69) is 22.2 Å². The number of aryl methyl sites for hydroxylation is 1. The van der Waals surface area contributed by atoms with E-state index in [9.17, 15) is 0 Å². The van der Waals surface area contributed by atoms with Crippen molar-refractivity contribution in [2.75, 3.05) is 18.5 Å². The van der Waals surface area contributed by atoms with Crippen molar-refractivity contribution in [2.24, 2.45) is 0 Å². The molecule has 14 heavy (non-hydrogen) atoms. The van der Waals surface area contributed by atoms with E-state index >= 15 is 0 Å². The molecule has 1 N–H and O–H groups in total. The van der Waals surface area contributed by atoms with Crippen molar-refractivity contribution in [1.82, 2.24) is 9.97 Å². The van der Waals surface area contributed by atoms with Gasteiger partial charge >= 0.3 is 0 Å². The van der Waals surface area contributed by atoms with Gasteiger partial charge in [0.15, 0.2) is 0 Å². The van der Waals surface area contributed by atoms with Gasteiger partial charge in [-0.15, -0.1) is 0 Å². The van der Waals surface area contributed by atoms with Crippen LogP contribution in [-0.2, 0) is 4.74 Å². The Hall–Kier alpha value is -1.16. The van der Waals surface area contributed by atoms with Gasteiger partial charge in [0, 0.05) is 18.8 Å². The molecule has 0 bridgehead atoms. The number of anilines is 1. The highest BCUT2D eigenvalue weighted by Crippen LogP contribution is 2.03. The van der Waals surface area contributed by atoms with Gasteiger partial charge in [-0.3, -0.25) is 0 Å². The standard InChI is InChI=1S/C10H17N3O/c1-4-14-7-8(2)12-10-5-6-11-9(3)13-10/h5-6,8H,4,7H2,1-3H3,(H,11,12,13). The van der Waals surface area contributed by atoms with E-state index in [0.717, 1.165) is 18.2 Å². The maximum absolute atomic E-state index is 5.29. The maximum Gasteiger partial charge on any atom is 0.129 e. The van der Waals surface area contributed by atoms with Crippen molar-refractivity contribution < 1.29 is 4.74 Å². The van der Waals surface area contributed by atoms with Crippen LogP contribution < -0.4 is 5.32 Å². The van der Waals surface area contributed by atoms with Crippen LogP contribution in [0.3, 0.4) is 0 Å². The molecule has 1 aromatic heterocycles.